The topological polar surface area (TPSA) is 55.4 Å². The molecule has 0 saturated carbocycles. The fourth-order valence-electron chi connectivity index (χ4n) is 2.22. The number of ether oxygens (including phenoxy) is 1. The van der Waals surface area contributed by atoms with Crippen LogP contribution in [0.1, 0.15) is 26.3 Å². The van der Waals surface area contributed by atoms with E-state index in [0.717, 1.165) is 11.3 Å². The molecule has 1 unspecified atom stereocenters. The van der Waals surface area contributed by atoms with Crippen molar-refractivity contribution in [1.82, 2.24) is 4.72 Å². The summed E-state index contributed by atoms with van der Waals surface area (Å²) >= 11 is 0. The van der Waals surface area contributed by atoms with Crippen molar-refractivity contribution >= 4 is 10.0 Å². The Morgan fingerprint density at radius 1 is 1.00 bits per heavy atom. The van der Waals surface area contributed by atoms with Gasteiger partial charge in [0.25, 0.3) is 0 Å². The summed E-state index contributed by atoms with van der Waals surface area (Å²) in [5.74, 6) is 0.725. The maximum Gasteiger partial charge on any atom is 0.214 e. The highest BCUT2D eigenvalue weighted by Gasteiger charge is 2.16. The molecule has 2 aromatic carbocycles. The number of sulfonamides is 1. The van der Waals surface area contributed by atoms with Crippen LogP contribution in [0.15, 0.2) is 48.5 Å². The Morgan fingerprint density at radius 3 is 2.25 bits per heavy atom. The molecule has 0 bridgehead atoms. The highest BCUT2D eigenvalue weighted by Crippen LogP contribution is 2.23. The van der Waals surface area contributed by atoms with E-state index in [1.807, 2.05) is 37.3 Å². The van der Waals surface area contributed by atoms with Crippen LogP contribution in [0.2, 0.25) is 0 Å². The van der Waals surface area contributed by atoms with Gasteiger partial charge in [-0.25, -0.2) is 13.1 Å². The summed E-state index contributed by atoms with van der Waals surface area (Å²) in [7, 11) is -3.26. The normalized spacial score (nSPS) is 13.0. The van der Waals surface area contributed by atoms with Gasteiger partial charge in [0.15, 0.2) is 0 Å². The van der Waals surface area contributed by atoms with E-state index in [1.54, 1.807) is 13.8 Å². The number of benzene rings is 2. The largest absolute Gasteiger partial charge is 0.489 e. The molecule has 2 rings (SSSR count). The van der Waals surface area contributed by atoms with Crippen molar-refractivity contribution < 1.29 is 13.2 Å². The molecule has 130 valence electrons. The van der Waals surface area contributed by atoms with Gasteiger partial charge in [-0.1, -0.05) is 42.0 Å². The van der Waals surface area contributed by atoms with Gasteiger partial charge in [-0.05, 0) is 51.0 Å². The second-order valence-electron chi connectivity index (χ2n) is 6.26. The van der Waals surface area contributed by atoms with E-state index in [4.69, 9.17) is 4.74 Å². The van der Waals surface area contributed by atoms with Crippen molar-refractivity contribution in [2.75, 3.05) is 6.54 Å². The predicted octanol–water partition coefficient (Wildman–Crippen LogP) is 3.76. The number of hydrogen-bond donors (Lipinski definition) is 1. The Kier molecular flexibility index (Phi) is 6.02. The molecule has 0 radical (unpaired) electrons. The minimum atomic E-state index is -3.26. The zero-order valence-electron chi connectivity index (χ0n) is 14.6. The minimum absolute atomic E-state index is 0.247. The molecule has 1 atom stereocenters. The van der Waals surface area contributed by atoms with Gasteiger partial charge in [0.1, 0.15) is 11.9 Å². The second-order valence-corrected chi connectivity index (χ2v) is 8.59. The van der Waals surface area contributed by atoms with E-state index in [9.17, 15) is 8.42 Å². The maximum atomic E-state index is 11.7. The van der Waals surface area contributed by atoms with Crippen molar-refractivity contribution in [3.63, 3.8) is 0 Å². The summed E-state index contributed by atoms with van der Waals surface area (Å²) in [6.45, 7) is 7.47. The Hall–Kier alpha value is -1.85. The molecule has 1 N–H and O–H groups in total. The monoisotopic (exact) mass is 347 g/mol. The van der Waals surface area contributed by atoms with Gasteiger partial charge in [0.05, 0.1) is 5.25 Å². The number of rotatable bonds is 7. The van der Waals surface area contributed by atoms with Crippen molar-refractivity contribution in [1.29, 1.82) is 0 Å². The van der Waals surface area contributed by atoms with Gasteiger partial charge in [-0.2, -0.15) is 0 Å². The first-order valence-electron chi connectivity index (χ1n) is 8.10. The molecule has 4 nitrogen and oxygen atoms in total. The highest BCUT2D eigenvalue weighted by molar-refractivity contribution is 7.90. The van der Waals surface area contributed by atoms with E-state index >= 15 is 0 Å². The standard InChI is InChI=1S/C19H25NO3S/c1-14(2)24(21,22)20-13-16(4)23-19-10-8-17(9-11-19)18-7-5-6-15(3)12-18/h5-12,14,16,20H,13H2,1-4H3. The van der Waals surface area contributed by atoms with Gasteiger partial charge in [-0.15, -0.1) is 0 Å². The summed E-state index contributed by atoms with van der Waals surface area (Å²) in [6.07, 6.45) is -0.247. The minimum Gasteiger partial charge on any atom is -0.489 e. The van der Waals surface area contributed by atoms with E-state index in [1.165, 1.54) is 11.1 Å². The van der Waals surface area contributed by atoms with E-state index < -0.39 is 15.3 Å². The van der Waals surface area contributed by atoms with Crippen LogP contribution in [0.25, 0.3) is 11.1 Å². The molecule has 0 aliphatic rings. The van der Waals surface area contributed by atoms with Crippen LogP contribution in [-0.2, 0) is 10.0 Å². The Balaban J connectivity index is 1.96. The first kappa shape index (κ1) is 18.5. The number of hydrogen-bond acceptors (Lipinski definition) is 3. The van der Waals surface area contributed by atoms with Gasteiger partial charge in [0, 0.05) is 6.54 Å². The molecular formula is C19H25NO3S. The van der Waals surface area contributed by atoms with Gasteiger partial charge in [-0.3, -0.25) is 0 Å². The lowest BCUT2D eigenvalue weighted by atomic mass is 10.0. The third-order valence-electron chi connectivity index (χ3n) is 3.74. The molecule has 0 fully saturated rings. The van der Waals surface area contributed by atoms with Gasteiger partial charge < -0.3 is 4.74 Å². The molecule has 0 amide bonds. The third-order valence-corrected chi connectivity index (χ3v) is 5.55. The molecule has 2 aromatic rings. The van der Waals surface area contributed by atoms with Gasteiger partial charge >= 0.3 is 0 Å². The van der Waals surface area contributed by atoms with Crippen molar-refractivity contribution in [3.8, 4) is 16.9 Å². The van der Waals surface area contributed by atoms with E-state index in [2.05, 4.69) is 29.8 Å². The molecule has 5 heteroatoms. The Labute approximate surface area is 144 Å². The SMILES string of the molecule is Cc1cccc(-c2ccc(OC(C)CNS(=O)(=O)C(C)C)cc2)c1. The molecule has 0 spiro atoms. The molecule has 0 aliphatic heterocycles. The molecule has 0 aromatic heterocycles. The summed E-state index contributed by atoms with van der Waals surface area (Å²) < 4.78 is 31.8. The molecule has 0 saturated heterocycles. The fraction of sp³-hybridized carbons (Fsp3) is 0.368. The lowest BCUT2D eigenvalue weighted by Crippen LogP contribution is -2.37. The summed E-state index contributed by atoms with van der Waals surface area (Å²) in [5.41, 5.74) is 3.51. The van der Waals surface area contributed by atoms with Crippen LogP contribution in [0.4, 0.5) is 0 Å². The van der Waals surface area contributed by atoms with Crippen molar-refractivity contribution in [2.24, 2.45) is 0 Å². The second kappa shape index (κ2) is 7.81. The van der Waals surface area contributed by atoms with Crippen molar-refractivity contribution in [2.45, 2.75) is 39.0 Å². The number of aryl methyl sites for hydroxylation is 1. The average Bonchev–Trinajstić information content (AvgIpc) is 2.53. The van der Waals surface area contributed by atoms with Crippen LogP contribution >= 0.6 is 0 Å². The first-order valence-corrected chi connectivity index (χ1v) is 9.65. The van der Waals surface area contributed by atoms with Gasteiger partial charge in [0.2, 0.25) is 10.0 Å². The molecule has 24 heavy (non-hydrogen) atoms. The van der Waals surface area contributed by atoms with Crippen molar-refractivity contribution in [3.05, 3.63) is 54.1 Å². The van der Waals surface area contributed by atoms with E-state index in [-0.39, 0.29) is 12.6 Å². The lowest BCUT2D eigenvalue weighted by Gasteiger charge is -2.17. The molecule has 0 aliphatic carbocycles. The summed E-state index contributed by atoms with van der Waals surface area (Å²) in [4.78, 5) is 0. The number of nitrogens with one attached hydrogen (secondary N) is 1. The Bertz CT molecular complexity index is 767. The lowest BCUT2D eigenvalue weighted by molar-refractivity contribution is 0.225. The third kappa shape index (κ3) is 5.08. The molecular weight excluding hydrogens is 322 g/mol. The van der Waals surface area contributed by atoms with Crippen LogP contribution in [0.5, 0.6) is 5.75 Å². The van der Waals surface area contributed by atoms with Crippen LogP contribution in [0.3, 0.4) is 0 Å². The Morgan fingerprint density at radius 2 is 1.67 bits per heavy atom. The summed E-state index contributed by atoms with van der Waals surface area (Å²) in [5, 5.41) is -0.446. The smallest absolute Gasteiger partial charge is 0.214 e. The van der Waals surface area contributed by atoms with Crippen LogP contribution in [0, 0.1) is 6.92 Å². The zero-order chi connectivity index (χ0) is 17.7. The van der Waals surface area contributed by atoms with Crippen LogP contribution in [-0.4, -0.2) is 26.3 Å². The first-order chi connectivity index (χ1) is 11.3. The van der Waals surface area contributed by atoms with Crippen LogP contribution < -0.4 is 9.46 Å². The molecule has 0 heterocycles. The summed E-state index contributed by atoms with van der Waals surface area (Å²) in [6, 6.07) is 16.2. The highest BCUT2D eigenvalue weighted by atomic mass is 32.2. The predicted molar refractivity (Wildman–Crippen MR) is 98.8 cm³/mol. The van der Waals surface area contributed by atoms with E-state index in [0.29, 0.717) is 0 Å². The fourth-order valence-corrected chi connectivity index (χ4v) is 3.03. The average molecular weight is 347 g/mol. The zero-order valence-corrected chi connectivity index (χ0v) is 15.4. The quantitative estimate of drug-likeness (QED) is 0.830. The maximum absolute atomic E-state index is 11.7.